The van der Waals surface area contributed by atoms with Gasteiger partial charge in [-0.15, -0.1) is 11.8 Å². The van der Waals surface area contributed by atoms with Gasteiger partial charge in [-0.1, -0.05) is 60.1 Å². The summed E-state index contributed by atoms with van der Waals surface area (Å²) in [7, 11) is 0. The quantitative estimate of drug-likeness (QED) is 0.190. The molecule has 0 aliphatic rings. The lowest BCUT2D eigenvalue weighted by molar-refractivity contribution is 0.102. The predicted molar refractivity (Wildman–Crippen MR) is 143 cm³/mol. The van der Waals surface area contributed by atoms with E-state index in [4.69, 9.17) is 16.3 Å². The third kappa shape index (κ3) is 6.32. The molecule has 0 saturated carbocycles. The van der Waals surface area contributed by atoms with Gasteiger partial charge in [0.1, 0.15) is 5.75 Å². The molecule has 0 unspecified atom stereocenters. The second-order valence-corrected chi connectivity index (χ2v) is 9.18. The van der Waals surface area contributed by atoms with Crippen LogP contribution in [0.25, 0.3) is 0 Å². The molecule has 6 heteroatoms. The van der Waals surface area contributed by atoms with Crippen LogP contribution < -0.4 is 10.1 Å². The molecule has 0 aliphatic heterocycles. The first kappa shape index (κ1) is 24.6. The largest absolute Gasteiger partial charge is 0.494 e. The normalized spacial score (nSPS) is 10.6. The number of halogens is 1. The van der Waals surface area contributed by atoms with E-state index in [0.717, 1.165) is 16.2 Å². The SMILES string of the molecule is CCOc1ccc(C(=O)Nc2ccc(Cl)cc2C(=O)c2ccccc2)cc1CSc1ccccc1. The number of rotatable bonds is 9. The minimum atomic E-state index is -0.316. The van der Waals surface area contributed by atoms with Gasteiger partial charge in [0, 0.05) is 37.9 Å². The molecule has 0 radical (unpaired) electrons. The van der Waals surface area contributed by atoms with E-state index < -0.39 is 0 Å². The first-order chi connectivity index (χ1) is 17.0. The predicted octanol–water partition coefficient (Wildman–Crippen LogP) is 7.51. The Morgan fingerprint density at radius 3 is 2.29 bits per heavy atom. The van der Waals surface area contributed by atoms with Gasteiger partial charge in [-0.25, -0.2) is 0 Å². The summed E-state index contributed by atoms with van der Waals surface area (Å²) in [6.45, 7) is 2.46. The van der Waals surface area contributed by atoms with Crippen LogP contribution in [0, 0.1) is 0 Å². The number of carbonyl (C=O) groups excluding carboxylic acids is 2. The summed E-state index contributed by atoms with van der Waals surface area (Å²) in [6, 6.07) is 29.2. The van der Waals surface area contributed by atoms with Crippen LogP contribution >= 0.6 is 23.4 Å². The van der Waals surface area contributed by atoms with Crippen LogP contribution in [0.5, 0.6) is 5.75 Å². The number of anilines is 1. The van der Waals surface area contributed by atoms with E-state index in [1.54, 1.807) is 60.3 Å². The lowest BCUT2D eigenvalue weighted by Gasteiger charge is -2.14. The Hall–Kier alpha value is -3.54. The van der Waals surface area contributed by atoms with Crippen LogP contribution in [0.3, 0.4) is 0 Å². The second kappa shape index (κ2) is 11.7. The zero-order chi connectivity index (χ0) is 24.6. The highest BCUT2D eigenvalue weighted by Gasteiger charge is 2.18. The van der Waals surface area contributed by atoms with Crippen LogP contribution in [0.15, 0.2) is 102 Å². The Balaban J connectivity index is 1.58. The highest BCUT2D eigenvalue weighted by molar-refractivity contribution is 7.98. The molecule has 176 valence electrons. The molecule has 0 aliphatic carbocycles. The number of benzene rings is 4. The van der Waals surface area contributed by atoms with Crippen molar-refractivity contribution in [1.29, 1.82) is 0 Å². The molecule has 4 rings (SSSR count). The van der Waals surface area contributed by atoms with Gasteiger partial charge in [0.2, 0.25) is 0 Å². The number of carbonyl (C=O) groups is 2. The Morgan fingerprint density at radius 2 is 1.57 bits per heavy atom. The van der Waals surface area contributed by atoms with E-state index in [-0.39, 0.29) is 11.7 Å². The minimum absolute atomic E-state index is 0.213. The Bertz CT molecular complexity index is 1330. The fourth-order valence-electron chi connectivity index (χ4n) is 3.56. The molecule has 0 atom stereocenters. The highest BCUT2D eigenvalue weighted by Crippen LogP contribution is 2.30. The average molecular weight is 502 g/mol. The van der Waals surface area contributed by atoms with Crippen molar-refractivity contribution in [2.75, 3.05) is 11.9 Å². The van der Waals surface area contributed by atoms with Gasteiger partial charge in [-0.05, 0) is 55.5 Å². The second-order valence-electron chi connectivity index (χ2n) is 7.70. The number of hydrogen-bond donors (Lipinski definition) is 1. The topological polar surface area (TPSA) is 55.4 Å². The molecule has 35 heavy (non-hydrogen) atoms. The smallest absolute Gasteiger partial charge is 0.255 e. The summed E-state index contributed by atoms with van der Waals surface area (Å²) >= 11 is 7.85. The number of ketones is 1. The first-order valence-corrected chi connectivity index (χ1v) is 12.6. The summed E-state index contributed by atoms with van der Waals surface area (Å²) in [4.78, 5) is 27.4. The van der Waals surface area contributed by atoms with E-state index in [2.05, 4.69) is 5.32 Å². The monoisotopic (exact) mass is 501 g/mol. The molecule has 0 aromatic heterocycles. The zero-order valence-corrected chi connectivity index (χ0v) is 20.7. The van der Waals surface area contributed by atoms with Crippen LogP contribution in [-0.4, -0.2) is 18.3 Å². The van der Waals surface area contributed by atoms with Crippen molar-refractivity contribution < 1.29 is 14.3 Å². The molecule has 0 saturated heterocycles. The van der Waals surface area contributed by atoms with Gasteiger partial charge >= 0.3 is 0 Å². The molecule has 1 amide bonds. The van der Waals surface area contributed by atoms with Gasteiger partial charge in [-0.2, -0.15) is 0 Å². The number of hydrogen-bond acceptors (Lipinski definition) is 4. The van der Waals surface area contributed by atoms with Crippen molar-refractivity contribution in [3.63, 3.8) is 0 Å². The van der Waals surface area contributed by atoms with Gasteiger partial charge < -0.3 is 10.1 Å². The standard InChI is InChI=1S/C29H24ClNO3S/c1-2-34-27-16-13-21(17-22(27)19-35-24-11-7-4-8-12-24)29(33)31-26-15-14-23(30)18-25(26)28(32)20-9-5-3-6-10-20/h3-18H,2,19H2,1H3,(H,31,33). The number of thioether (sulfide) groups is 1. The maximum absolute atomic E-state index is 13.2. The van der Waals surface area contributed by atoms with Crippen LogP contribution in [-0.2, 0) is 5.75 Å². The van der Waals surface area contributed by atoms with Gasteiger partial charge in [0.05, 0.1) is 12.3 Å². The summed E-state index contributed by atoms with van der Waals surface area (Å²) in [5, 5.41) is 3.31. The molecular formula is C29H24ClNO3S. The molecule has 4 aromatic carbocycles. The fourth-order valence-corrected chi connectivity index (χ4v) is 4.63. The van der Waals surface area contributed by atoms with Gasteiger partial charge in [0.15, 0.2) is 5.78 Å². The Labute approximate surface area is 214 Å². The molecule has 0 fully saturated rings. The third-order valence-corrected chi connectivity index (χ3v) is 6.57. The van der Waals surface area contributed by atoms with E-state index in [9.17, 15) is 9.59 Å². The maximum atomic E-state index is 13.2. The molecule has 0 heterocycles. The molecule has 1 N–H and O–H groups in total. The van der Waals surface area contributed by atoms with Crippen molar-refractivity contribution in [2.24, 2.45) is 0 Å². The number of ether oxygens (including phenoxy) is 1. The minimum Gasteiger partial charge on any atom is -0.494 e. The third-order valence-electron chi connectivity index (χ3n) is 5.27. The number of amides is 1. The summed E-state index contributed by atoms with van der Waals surface area (Å²) in [5.41, 5.74) is 2.66. The summed E-state index contributed by atoms with van der Waals surface area (Å²) in [5.74, 6) is 0.872. The van der Waals surface area contributed by atoms with E-state index in [1.165, 1.54) is 0 Å². The Morgan fingerprint density at radius 1 is 0.857 bits per heavy atom. The molecule has 4 nitrogen and oxygen atoms in total. The van der Waals surface area contributed by atoms with Crippen molar-refractivity contribution in [3.8, 4) is 5.75 Å². The van der Waals surface area contributed by atoms with Crippen molar-refractivity contribution in [3.05, 3.63) is 124 Å². The first-order valence-electron chi connectivity index (χ1n) is 11.2. The van der Waals surface area contributed by atoms with E-state index >= 15 is 0 Å². The van der Waals surface area contributed by atoms with Crippen molar-refractivity contribution in [2.45, 2.75) is 17.6 Å². The highest BCUT2D eigenvalue weighted by atomic mass is 35.5. The summed E-state index contributed by atoms with van der Waals surface area (Å²) in [6.07, 6.45) is 0. The molecule has 0 spiro atoms. The van der Waals surface area contributed by atoms with E-state index in [1.807, 2.05) is 55.5 Å². The van der Waals surface area contributed by atoms with Gasteiger partial charge in [0.25, 0.3) is 5.91 Å². The zero-order valence-electron chi connectivity index (χ0n) is 19.2. The molecule has 0 bridgehead atoms. The maximum Gasteiger partial charge on any atom is 0.255 e. The van der Waals surface area contributed by atoms with Crippen molar-refractivity contribution >= 4 is 40.7 Å². The van der Waals surface area contributed by atoms with Crippen molar-refractivity contribution in [1.82, 2.24) is 0 Å². The van der Waals surface area contributed by atoms with Crippen LogP contribution in [0.2, 0.25) is 5.02 Å². The lowest BCUT2D eigenvalue weighted by atomic mass is 10.0. The molecular weight excluding hydrogens is 478 g/mol. The van der Waals surface area contributed by atoms with E-state index in [0.29, 0.717) is 39.8 Å². The van der Waals surface area contributed by atoms with Gasteiger partial charge in [-0.3, -0.25) is 9.59 Å². The van der Waals surface area contributed by atoms with Crippen LogP contribution in [0.4, 0.5) is 5.69 Å². The van der Waals surface area contributed by atoms with Crippen LogP contribution in [0.1, 0.15) is 38.8 Å². The fraction of sp³-hybridized carbons (Fsp3) is 0.103. The number of nitrogens with one attached hydrogen (secondary N) is 1. The lowest BCUT2D eigenvalue weighted by Crippen LogP contribution is -2.15. The molecule has 4 aromatic rings. The Kier molecular flexibility index (Phi) is 8.24. The average Bonchev–Trinajstić information content (AvgIpc) is 2.90. The summed E-state index contributed by atoms with van der Waals surface area (Å²) < 4.78 is 5.79.